The molecule has 7 nitrogen and oxygen atoms in total. The fraction of sp³-hybridized carbons (Fsp3) is 0.400. The maximum absolute atomic E-state index is 11.8. The first-order valence-electron chi connectivity index (χ1n) is 6.87. The second-order valence-electron chi connectivity index (χ2n) is 5.97. The van der Waals surface area contributed by atoms with Gasteiger partial charge in [-0.2, -0.15) is 0 Å². The number of carbonyl (C=O) groups is 1. The van der Waals surface area contributed by atoms with Crippen LogP contribution < -0.4 is 11.1 Å². The Kier molecular flexibility index (Phi) is 4.07. The number of hydrogen-bond donors (Lipinski definition) is 2. The van der Waals surface area contributed by atoms with Gasteiger partial charge in [-0.15, -0.1) is 0 Å². The fourth-order valence-corrected chi connectivity index (χ4v) is 1.79. The van der Waals surface area contributed by atoms with Gasteiger partial charge < -0.3 is 15.0 Å². The number of rotatable bonds is 2. The molecule has 2 aromatic heterocycles. The van der Waals surface area contributed by atoms with E-state index in [1.54, 1.807) is 46.8 Å². The third kappa shape index (κ3) is 3.55. The first-order valence-corrected chi connectivity index (χ1v) is 6.87. The minimum absolute atomic E-state index is 0.421. The van der Waals surface area contributed by atoms with Gasteiger partial charge in [-0.1, -0.05) is 5.16 Å². The van der Waals surface area contributed by atoms with Crippen molar-refractivity contribution in [3.8, 4) is 11.5 Å². The van der Waals surface area contributed by atoms with E-state index in [2.05, 4.69) is 15.5 Å². The van der Waals surface area contributed by atoms with Gasteiger partial charge in [0.05, 0.1) is 11.4 Å². The topological polar surface area (TPSA) is 103 Å². The predicted octanol–water partition coefficient (Wildman–Crippen LogP) is 3.28. The van der Waals surface area contributed by atoms with Crippen LogP contribution >= 0.6 is 0 Å². The molecular weight excluding hydrogens is 284 g/mol. The molecule has 0 aliphatic heterocycles. The molecular formula is C15H20N4O3. The molecule has 0 radical (unpaired) electrons. The molecule has 1 amide bonds. The number of hydrogen-bond acceptors (Lipinski definition) is 6. The number of nitrogen functional groups attached to an aromatic ring is 1. The van der Waals surface area contributed by atoms with E-state index in [4.69, 9.17) is 15.0 Å². The summed E-state index contributed by atoms with van der Waals surface area (Å²) in [6.45, 7) is 8.94. The van der Waals surface area contributed by atoms with Crippen molar-refractivity contribution in [2.24, 2.45) is 0 Å². The summed E-state index contributed by atoms with van der Waals surface area (Å²) in [5.41, 5.74) is 8.15. The number of ether oxygens (including phenoxy) is 1. The summed E-state index contributed by atoms with van der Waals surface area (Å²) in [7, 11) is 0. The Hall–Kier alpha value is -2.57. The summed E-state index contributed by atoms with van der Waals surface area (Å²) in [5.74, 6) is 0.421. The van der Waals surface area contributed by atoms with Crippen LogP contribution in [0, 0.1) is 13.8 Å². The maximum Gasteiger partial charge on any atom is 0.412 e. The molecule has 0 spiro atoms. The number of aryl methyl sites for hydroxylation is 2. The summed E-state index contributed by atoms with van der Waals surface area (Å²) in [6, 6.07) is 3.43. The molecule has 0 saturated heterocycles. The van der Waals surface area contributed by atoms with Gasteiger partial charge in [0.15, 0.2) is 0 Å². The molecule has 0 bridgehead atoms. The van der Waals surface area contributed by atoms with Crippen molar-refractivity contribution in [1.82, 2.24) is 10.1 Å². The van der Waals surface area contributed by atoms with Crippen LogP contribution in [-0.4, -0.2) is 21.8 Å². The first-order chi connectivity index (χ1) is 10.2. The van der Waals surface area contributed by atoms with Gasteiger partial charge in [-0.3, -0.25) is 5.32 Å². The number of carbonyl (C=O) groups excluding carboxylic acids is 1. The average Bonchev–Trinajstić information content (AvgIpc) is 2.70. The summed E-state index contributed by atoms with van der Waals surface area (Å²) in [5, 5.41) is 6.47. The Labute approximate surface area is 128 Å². The molecule has 118 valence electrons. The van der Waals surface area contributed by atoms with Crippen molar-refractivity contribution in [3.05, 3.63) is 23.5 Å². The quantitative estimate of drug-likeness (QED) is 0.882. The first kappa shape index (κ1) is 15.8. The largest absolute Gasteiger partial charge is 0.444 e. The normalized spacial score (nSPS) is 11.3. The van der Waals surface area contributed by atoms with Gasteiger partial charge >= 0.3 is 6.09 Å². The zero-order chi connectivity index (χ0) is 16.5. The van der Waals surface area contributed by atoms with Gasteiger partial charge in [-0.25, -0.2) is 9.78 Å². The van der Waals surface area contributed by atoms with Gasteiger partial charge in [-0.05, 0) is 46.8 Å². The molecule has 0 aromatic carbocycles. The molecule has 0 fully saturated rings. The fourth-order valence-electron chi connectivity index (χ4n) is 1.79. The van der Waals surface area contributed by atoms with Crippen LogP contribution in [0.5, 0.6) is 0 Å². The van der Waals surface area contributed by atoms with E-state index in [0.717, 1.165) is 0 Å². The lowest BCUT2D eigenvalue weighted by Gasteiger charge is -2.20. The smallest absolute Gasteiger partial charge is 0.412 e. The summed E-state index contributed by atoms with van der Waals surface area (Å²) >= 11 is 0. The highest BCUT2D eigenvalue weighted by atomic mass is 16.6. The second kappa shape index (κ2) is 5.67. The van der Waals surface area contributed by atoms with Crippen molar-refractivity contribution in [2.45, 2.75) is 40.2 Å². The van der Waals surface area contributed by atoms with E-state index in [-0.39, 0.29) is 0 Å². The number of nitrogens with zero attached hydrogens (tertiary/aromatic N) is 2. The number of nitrogens with one attached hydrogen (secondary N) is 1. The van der Waals surface area contributed by atoms with E-state index >= 15 is 0 Å². The predicted molar refractivity (Wildman–Crippen MR) is 83.5 cm³/mol. The number of pyridine rings is 1. The van der Waals surface area contributed by atoms with Crippen LogP contribution in [0.15, 0.2) is 16.7 Å². The molecule has 2 rings (SSSR count). The van der Waals surface area contributed by atoms with Crippen molar-refractivity contribution in [1.29, 1.82) is 0 Å². The molecule has 0 unspecified atom stereocenters. The van der Waals surface area contributed by atoms with E-state index in [1.807, 2.05) is 0 Å². The van der Waals surface area contributed by atoms with Gasteiger partial charge in [0.25, 0.3) is 0 Å². The third-order valence-electron chi connectivity index (χ3n) is 2.86. The van der Waals surface area contributed by atoms with Crippen LogP contribution in [0.1, 0.15) is 32.2 Å². The Balaban J connectivity index is 2.20. The SMILES string of the molecule is Cc1nc(-c2onc(C)c2N)ccc1NC(=O)OC(C)(C)C. The Bertz CT molecular complexity index is 701. The van der Waals surface area contributed by atoms with Crippen LogP contribution in [0.4, 0.5) is 16.2 Å². The summed E-state index contributed by atoms with van der Waals surface area (Å²) in [6.07, 6.45) is -0.528. The minimum atomic E-state index is -0.558. The van der Waals surface area contributed by atoms with E-state index in [1.165, 1.54) is 0 Å². The average molecular weight is 304 g/mol. The Morgan fingerprint density at radius 1 is 1.27 bits per heavy atom. The summed E-state index contributed by atoms with van der Waals surface area (Å²) in [4.78, 5) is 16.2. The minimum Gasteiger partial charge on any atom is -0.444 e. The molecule has 0 aliphatic rings. The van der Waals surface area contributed by atoms with Crippen molar-refractivity contribution in [3.63, 3.8) is 0 Å². The van der Waals surface area contributed by atoms with E-state index < -0.39 is 11.7 Å². The summed E-state index contributed by atoms with van der Waals surface area (Å²) < 4.78 is 10.4. The highest BCUT2D eigenvalue weighted by Crippen LogP contribution is 2.28. The van der Waals surface area contributed by atoms with Gasteiger partial charge in [0.1, 0.15) is 22.7 Å². The molecule has 3 N–H and O–H groups in total. The Morgan fingerprint density at radius 2 is 1.95 bits per heavy atom. The third-order valence-corrected chi connectivity index (χ3v) is 2.86. The van der Waals surface area contributed by atoms with E-state index in [9.17, 15) is 4.79 Å². The van der Waals surface area contributed by atoms with Crippen LogP contribution in [0.25, 0.3) is 11.5 Å². The monoisotopic (exact) mass is 304 g/mol. The van der Waals surface area contributed by atoms with Gasteiger partial charge in [0, 0.05) is 0 Å². The molecule has 7 heteroatoms. The number of aromatic nitrogens is 2. The molecule has 0 saturated carbocycles. The van der Waals surface area contributed by atoms with Crippen molar-refractivity contribution < 1.29 is 14.1 Å². The lowest BCUT2D eigenvalue weighted by molar-refractivity contribution is 0.0635. The molecule has 0 aliphatic carbocycles. The highest BCUT2D eigenvalue weighted by molar-refractivity contribution is 5.86. The number of anilines is 2. The van der Waals surface area contributed by atoms with Crippen LogP contribution in [-0.2, 0) is 4.74 Å². The number of amides is 1. The Morgan fingerprint density at radius 3 is 2.45 bits per heavy atom. The van der Waals surface area contributed by atoms with Crippen LogP contribution in [0.2, 0.25) is 0 Å². The molecule has 0 atom stereocenters. The van der Waals surface area contributed by atoms with E-state index in [0.29, 0.717) is 34.2 Å². The standard InChI is InChI=1S/C15H20N4O3/c1-8-10(18-14(20)21-15(3,4)5)6-7-11(17-8)13-12(16)9(2)19-22-13/h6-7H,16H2,1-5H3,(H,18,20). The van der Waals surface area contributed by atoms with Gasteiger partial charge in [0.2, 0.25) is 5.76 Å². The van der Waals surface area contributed by atoms with Crippen LogP contribution in [0.3, 0.4) is 0 Å². The molecule has 22 heavy (non-hydrogen) atoms. The highest BCUT2D eigenvalue weighted by Gasteiger charge is 2.18. The second-order valence-corrected chi connectivity index (χ2v) is 5.97. The zero-order valence-corrected chi connectivity index (χ0v) is 13.4. The maximum atomic E-state index is 11.8. The molecule has 2 aromatic rings. The van der Waals surface area contributed by atoms with Crippen molar-refractivity contribution in [2.75, 3.05) is 11.1 Å². The molecule has 2 heterocycles. The lowest BCUT2D eigenvalue weighted by atomic mass is 10.2. The van der Waals surface area contributed by atoms with Crippen molar-refractivity contribution >= 4 is 17.5 Å². The zero-order valence-electron chi connectivity index (χ0n) is 13.4. The number of nitrogens with two attached hydrogens (primary N) is 1. The lowest BCUT2D eigenvalue weighted by Crippen LogP contribution is -2.27.